The number of rotatable bonds is 1. The molecule has 1 atom stereocenters. The van der Waals surface area contributed by atoms with E-state index >= 15 is 0 Å². The van der Waals surface area contributed by atoms with Crippen LogP contribution in [0.2, 0.25) is 0 Å². The van der Waals surface area contributed by atoms with Gasteiger partial charge in [-0.3, -0.25) is 0 Å². The van der Waals surface area contributed by atoms with Gasteiger partial charge in [-0.05, 0) is 45.2 Å². The lowest BCUT2D eigenvalue weighted by molar-refractivity contribution is 0.00578. The molecule has 2 rings (SSSR count). The Morgan fingerprint density at radius 1 is 1.17 bits per heavy atom. The van der Waals surface area contributed by atoms with E-state index in [2.05, 4.69) is 40.7 Å². The molecule has 0 saturated carbocycles. The van der Waals surface area contributed by atoms with Crippen LogP contribution in [0.4, 0.5) is 0 Å². The van der Waals surface area contributed by atoms with Gasteiger partial charge in [-0.25, -0.2) is 0 Å². The maximum atomic E-state index is 6.02. The van der Waals surface area contributed by atoms with Crippen LogP contribution in [0.25, 0.3) is 0 Å². The number of hydrogen-bond acceptors (Lipinski definition) is 3. The third-order valence-corrected chi connectivity index (χ3v) is 3.91. The van der Waals surface area contributed by atoms with Crippen molar-refractivity contribution >= 4 is 7.12 Å². The summed E-state index contributed by atoms with van der Waals surface area (Å²) in [7, 11) is -0.344. The topological polar surface area (TPSA) is 44.5 Å². The smallest absolute Gasteiger partial charge is 0.399 e. The third kappa shape index (κ3) is 2.40. The highest BCUT2D eigenvalue weighted by Gasteiger charge is 2.52. The van der Waals surface area contributed by atoms with E-state index in [1.165, 1.54) is 0 Å². The molecule has 0 aromatic carbocycles. The Kier molecular flexibility index (Phi) is 3.20. The first-order valence-corrected chi connectivity index (χ1v) is 6.44. The summed E-state index contributed by atoms with van der Waals surface area (Å²) in [5.74, 6) is 0.334. The molecule has 0 spiro atoms. The van der Waals surface area contributed by atoms with Gasteiger partial charge in [0.15, 0.2) is 0 Å². The van der Waals surface area contributed by atoms with Crippen LogP contribution in [0.1, 0.15) is 34.6 Å². The van der Waals surface area contributed by atoms with Crippen molar-refractivity contribution < 1.29 is 9.31 Å². The minimum Gasteiger partial charge on any atom is -0.399 e. The minimum atomic E-state index is -0.344. The van der Waals surface area contributed by atoms with Crippen LogP contribution in [0.15, 0.2) is 35.5 Å². The lowest BCUT2D eigenvalue weighted by Crippen LogP contribution is -2.41. The Balaban J connectivity index is 2.25. The second-order valence-corrected chi connectivity index (χ2v) is 6.12. The molecule has 2 aliphatic rings. The fourth-order valence-electron chi connectivity index (χ4n) is 2.04. The molecule has 2 N–H and O–H groups in total. The van der Waals surface area contributed by atoms with E-state index in [4.69, 9.17) is 15.0 Å². The summed E-state index contributed by atoms with van der Waals surface area (Å²) in [6.07, 6.45) is 8.11. The third-order valence-electron chi connectivity index (χ3n) is 3.91. The van der Waals surface area contributed by atoms with Crippen molar-refractivity contribution in [2.45, 2.75) is 45.8 Å². The summed E-state index contributed by atoms with van der Waals surface area (Å²) in [5.41, 5.74) is 7.06. The number of nitrogens with two attached hydrogens (primary N) is 1. The van der Waals surface area contributed by atoms with Crippen LogP contribution in [0, 0.1) is 5.92 Å². The van der Waals surface area contributed by atoms with E-state index in [0.717, 1.165) is 11.2 Å². The molecule has 98 valence electrons. The molecule has 1 aliphatic heterocycles. The monoisotopic (exact) mass is 247 g/mol. The van der Waals surface area contributed by atoms with Crippen molar-refractivity contribution in [2.75, 3.05) is 0 Å². The van der Waals surface area contributed by atoms with Gasteiger partial charge in [0.25, 0.3) is 0 Å². The Morgan fingerprint density at radius 2 is 1.72 bits per heavy atom. The zero-order valence-corrected chi connectivity index (χ0v) is 11.9. The van der Waals surface area contributed by atoms with Crippen molar-refractivity contribution in [2.24, 2.45) is 11.7 Å². The Bertz CT molecular complexity index is 419. The van der Waals surface area contributed by atoms with Crippen LogP contribution in [0.3, 0.4) is 0 Å². The van der Waals surface area contributed by atoms with Crippen LogP contribution < -0.4 is 5.73 Å². The first kappa shape index (κ1) is 13.4. The van der Waals surface area contributed by atoms with Gasteiger partial charge in [0.2, 0.25) is 0 Å². The maximum Gasteiger partial charge on any atom is 0.494 e. The van der Waals surface area contributed by atoms with Gasteiger partial charge in [0, 0.05) is 5.70 Å². The number of allylic oxidation sites excluding steroid dienone is 5. The Morgan fingerprint density at radius 3 is 2.28 bits per heavy atom. The van der Waals surface area contributed by atoms with E-state index in [1.807, 2.05) is 18.2 Å². The summed E-state index contributed by atoms with van der Waals surface area (Å²) in [6.45, 7) is 10.3. The Labute approximate surface area is 110 Å². The molecule has 18 heavy (non-hydrogen) atoms. The highest BCUT2D eigenvalue weighted by atomic mass is 16.7. The molecule has 3 nitrogen and oxygen atoms in total. The first-order valence-electron chi connectivity index (χ1n) is 6.44. The molecule has 0 radical (unpaired) electrons. The standard InChI is InChI=1S/C14H22BNO2/c1-10-6-7-11(9-12(16)8-10)15-17-13(2,3)14(4,5)18-15/h6-10H,16H2,1-5H3. The highest BCUT2D eigenvalue weighted by molar-refractivity contribution is 6.55. The molecule has 0 aromatic heterocycles. The minimum absolute atomic E-state index is 0.317. The lowest BCUT2D eigenvalue weighted by Gasteiger charge is -2.32. The van der Waals surface area contributed by atoms with E-state index in [0.29, 0.717) is 5.92 Å². The molecule has 1 unspecified atom stereocenters. The summed E-state index contributed by atoms with van der Waals surface area (Å²) < 4.78 is 12.0. The first-order chi connectivity index (χ1) is 8.21. The fraction of sp³-hybridized carbons (Fsp3) is 0.571. The molecule has 1 fully saturated rings. The van der Waals surface area contributed by atoms with Gasteiger partial charge in [0.05, 0.1) is 11.2 Å². The Hall–Kier alpha value is -0.995. The molecule has 1 aliphatic carbocycles. The second kappa shape index (κ2) is 4.28. The molecule has 0 aromatic rings. The normalized spacial score (nSPS) is 29.8. The van der Waals surface area contributed by atoms with Gasteiger partial charge in [-0.2, -0.15) is 0 Å². The van der Waals surface area contributed by atoms with Crippen molar-refractivity contribution in [3.05, 3.63) is 35.5 Å². The van der Waals surface area contributed by atoms with Crippen molar-refractivity contribution in [3.8, 4) is 0 Å². The second-order valence-electron chi connectivity index (χ2n) is 6.12. The molecule has 1 heterocycles. The van der Waals surface area contributed by atoms with E-state index < -0.39 is 0 Å². The van der Waals surface area contributed by atoms with Crippen molar-refractivity contribution in [3.63, 3.8) is 0 Å². The molecule has 0 amide bonds. The van der Waals surface area contributed by atoms with Gasteiger partial charge in [-0.1, -0.05) is 25.2 Å². The van der Waals surface area contributed by atoms with E-state index in [-0.39, 0.29) is 18.3 Å². The predicted molar refractivity (Wildman–Crippen MR) is 74.7 cm³/mol. The van der Waals surface area contributed by atoms with E-state index in [9.17, 15) is 0 Å². The SMILES string of the molecule is CC1C=CC(B2OC(C)(C)C(C)(C)O2)=CC(N)=C1. The van der Waals surface area contributed by atoms with Crippen LogP contribution in [0.5, 0.6) is 0 Å². The van der Waals surface area contributed by atoms with E-state index in [1.54, 1.807) is 0 Å². The summed E-state index contributed by atoms with van der Waals surface area (Å²) in [6, 6.07) is 0. The average molecular weight is 247 g/mol. The molecular weight excluding hydrogens is 225 g/mol. The van der Waals surface area contributed by atoms with Crippen LogP contribution in [-0.2, 0) is 9.31 Å². The zero-order chi connectivity index (χ0) is 13.6. The van der Waals surface area contributed by atoms with Gasteiger partial charge >= 0.3 is 7.12 Å². The predicted octanol–water partition coefficient (Wildman–Crippen LogP) is 2.59. The maximum absolute atomic E-state index is 6.02. The van der Waals surface area contributed by atoms with Crippen molar-refractivity contribution in [1.29, 1.82) is 0 Å². The highest BCUT2D eigenvalue weighted by Crippen LogP contribution is 2.39. The fourth-order valence-corrected chi connectivity index (χ4v) is 2.04. The zero-order valence-electron chi connectivity index (χ0n) is 11.9. The molecule has 0 bridgehead atoms. The summed E-state index contributed by atoms with van der Waals surface area (Å²) in [4.78, 5) is 0. The van der Waals surface area contributed by atoms with Gasteiger partial charge < -0.3 is 15.0 Å². The summed E-state index contributed by atoms with van der Waals surface area (Å²) in [5, 5.41) is 0. The van der Waals surface area contributed by atoms with Crippen LogP contribution >= 0.6 is 0 Å². The van der Waals surface area contributed by atoms with Crippen LogP contribution in [-0.4, -0.2) is 18.3 Å². The van der Waals surface area contributed by atoms with Gasteiger partial charge in [-0.15, -0.1) is 0 Å². The van der Waals surface area contributed by atoms with Crippen molar-refractivity contribution in [1.82, 2.24) is 0 Å². The molecule has 1 saturated heterocycles. The lowest BCUT2D eigenvalue weighted by atomic mass is 9.77. The summed E-state index contributed by atoms with van der Waals surface area (Å²) >= 11 is 0. The largest absolute Gasteiger partial charge is 0.494 e. The average Bonchev–Trinajstić information content (AvgIpc) is 2.34. The number of hydrogen-bond donors (Lipinski definition) is 1. The quantitative estimate of drug-likeness (QED) is 0.724. The molecule has 4 heteroatoms. The molecular formula is C14H22BNO2. The van der Waals surface area contributed by atoms with Gasteiger partial charge in [0.1, 0.15) is 0 Å².